The van der Waals surface area contributed by atoms with Crippen LogP contribution in [0.4, 0.5) is 5.69 Å². The molecule has 0 bridgehead atoms. The Kier molecular flexibility index (Phi) is 7.08. The molecule has 0 unspecified atom stereocenters. The Hall–Kier alpha value is -3.33. The average Bonchev–Trinajstić information content (AvgIpc) is 3.10. The van der Waals surface area contributed by atoms with Crippen LogP contribution in [0.15, 0.2) is 53.7 Å². The summed E-state index contributed by atoms with van der Waals surface area (Å²) in [7, 11) is 3.35. The minimum Gasteiger partial charge on any atom is -0.495 e. The van der Waals surface area contributed by atoms with Gasteiger partial charge >= 0.3 is 0 Å². The summed E-state index contributed by atoms with van der Waals surface area (Å²) in [5.74, 6) is 1.01. The summed E-state index contributed by atoms with van der Waals surface area (Å²) >= 11 is 1.27. The predicted octanol–water partition coefficient (Wildman–Crippen LogP) is 2.79. The Balaban J connectivity index is 1.53. The Morgan fingerprint density at radius 3 is 2.70 bits per heavy atom. The van der Waals surface area contributed by atoms with Crippen molar-refractivity contribution in [3.8, 4) is 5.75 Å². The Morgan fingerprint density at radius 2 is 1.93 bits per heavy atom. The van der Waals surface area contributed by atoms with Crippen LogP contribution in [-0.4, -0.2) is 39.4 Å². The number of carbonyl (C=O) groups excluding carboxylic acids is 2. The molecule has 3 aromatic rings. The maximum atomic E-state index is 12.3. The monoisotopic (exact) mass is 425 g/mol. The van der Waals surface area contributed by atoms with Crippen molar-refractivity contribution in [2.45, 2.75) is 18.6 Å². The highest BCUT2D eigenvalue weighted by atomic mass is 32.2. The number of nitrogens with zero attached hydrogens (tertiary/aromatic N) is 3. The number of hydrogen-bond donors (Lipinski definition) is 2. The van der Waals surface area contributed by atoms with Crippen molar-refractivity contribution in [3.05, 3.63) is 65.5 Å². The summed E-state index contributed by atoms with van der Waals surface area (Å²) in [6.45, 7) is 2.18. The highest BCUT2D eigenvalue weighted by Gasteiger charge is 2.14. The van der Waals surface area contributed by atoms with Crippen LogP contribution in [0.5, 0.6) is 5.75 Å². The molecule has 9 heteroatoms. The number of thioether (sulfide) groups is 1. The topological polar surface area (TPSA) is 98.1 Å². The molecule has 0 saturated carbocycles. The van der Waals surface area contributed by atoms with Gasteiger partial charge in [0.2, 0.25) is 5.91 Å². The highest BCUT2D eigenvalue weighted by molar-refractivity contribution is 7.99. The largest absolute Gasteiger partial charge is 0.495 e. The number of rotatable bonds is 8. The van der Waals surface area contributed by atoms with Gasteiger partial charge in [-0.2, -0.15) is 0 Å². The minimum absolute atomic E-state index is 0.166. The molecule has 156 valence electrons. The molecule has 0 spiro atoms. The molecule has 0 aliphatic heterocycles. The lowest BCUT2D eigenvalue weighted by Gasteiger charge is -2.09. The second-order valence-electron chi connectivity index (χ2n) is 6.55. The molecule has 2 amide bonds. The number of ether oxygens (including phenoxy) is 1. The van der Waals surface area contributed by atoms with E-state index in [1.54, 1.807) is 36.9 Å². The number of amides is 2. The van der Waals surface area contributed by atoms with E-state index in [0.717, 1.165) is 5.56 Å². The first-order chi connectivity index (χ1) is 14.5. The zero-order chi connectivity index (χ0) is 21.5. The standard InChI is InChI=1S/C21H23N5O3S/c1-14-7-6-8-15(11-14)20(28)22-12-18-24-25-21(26(18)2)30-13-19(27)23-16-9-4-5-10-17(16)29-3/h4-11H,12-13H2,1-3H3,(H,22,28)(H,23,27). The van der Waals surface area contributed by atoms with E-state index in [9.17, 15) is 9.59 Å². The van der Waals surface area contributed by atoms with Crippen molar-refractivity contribution in [1.82, 2.24) is 20.1 Å². The number of para-hydroxylation sites is 2. The summed E-state index contributed by atoms with van der Waals surface area (Å²) < 4.78 is 7.00. The number of hydrogen-bond acceptors (Lipinski definition) is 6. The molecule has 0 fully saturated rings. The molecule has 0 radical (unpaired) electrons. The highest BCUT2D eigenvalue weighted by Crippen LogP contribution is 2.24. The third-order valence-electron chi connectivity index (χ3n) is 4.33. The number of aromatic nitrogens is 3. The average molecular weight is 426 g/mol. The molecule has 0 saturated heterocycles. The number of aryl methyl sites for hydroxylation is 1. The number of anilines is 1. The van der Waals surface area contributed by atoms with E-state index >= 15 is 0 Å². The molecule has 0 aliphatic rings. The fourth-order valence-corrected chi connectivity index (χ4v) is 3.47. The summed E-state index contributed by atoms with van der Waals surface area (Å²) in [5, 5.41) is 14.5. The lowest BCUT2D eigenvalue weighted by Crippen LogP contribution is -2.24. The summed E-state index contributed by atoms with van der Waals surface area (Å²) in [5.41, 5.74) is 2.23. The molecule has 0 aliphatic carbocycles. The van der Waals surface area contributed by atoms with E-state index in [1.807, 2.05) is 37.3 Å². The van der Waals surface area contributed by atoms with Gasteiger partial charge in [-0.1, -0.05) is 41.6 Å². The lowest BCUT2D eigenvalue weighted by atomic mass is 10.1. The second-order valence-corrected chi connectivity index (χ2v) is 7.49. The number of benzene rings is 2. The molecule has 30 heavy (non-hydrogen) atoms. The maximum Gasteiger partial charge on any atom is 0.251 e. The van der Waals surface area contributed by atoms with Gasteiger partial charge in [-0.25, -0.2) is 0 Å². The Bertz CT molecular complexity index is 1050. The van der Waals surface area contributed by atoms with Crippen molar-refractivity contribution in [3.63, 3.8) is 0 Å². The van der Waals surface area contributed by atoms with E-state index in [2.05, 4.69) is 20.8 Å². The number of nitrogens with one attached hydrogen (secondary N) is 2. The fourth-order valence-electron chi connectivity index (χ4n) is 2.74. The van der Waals surface area contributed by atoms with Crippen LogP contribution >= 0.6 is 11.8 Å². The quantitative estimate of drug-likeness (QED) is 0.539. The SMILES string of the molecule is COc1ccccc1NC(=O)CSc1nnc(CNC(=O)c2cccc(C)c2)n1C. The van der Waals surface area contributed by atoms with Crippen molar-refractivity contribution in [2.75, 3.05) is 18.2 Å². The van der Waals surface area contributed by atoms with E-state index in [4.69, 9.17) is 4.74 Å². The van der Waals surface area contributed by atoms with Crippen LogP contribution in [0, 0.1) is 6.92 Å². The first-order valence-corrected chi connectivity index (χ1v) is 10.3. The molecule has 2 aromatic carbocycles. The molecule has 3 rings (SSSR count). The second kappa shape index (κ2) is 9.93. The Labute approximate surface area is 179 Å². The van der Waals surface area contributed by atoms with Gasteiger partial charge in [-0.05, 0) is 31.2 Å². The summed E-state index contributed by atoms with van der Waals surface area (Å²) in [6, 6.07) is 14.6. The predicted molar refractivity (Wildman–Crippen MR) is 116 cm³/mol. The van der Waals surface area contributed by atoms with E-state index in [1.165, 1.54) is 11.8 Å². The van der Waals surface area contributed by atoms with E-state index in [-0.39, 0.29) is 24.1 Å². The first kappa shape index (κ1) is 21.4. The van der Waals surface area contributed by atoms with E-state index < -0.39 is 0 Å². The molecule has 2 N–H and O–H groups in total. The smallest absolute Gasteiger partial charge is 0.251 e. The summed E-state index contributed by atoms with van der Waals surface area (Å²) in [4.78, 5) is 24.6. The van der Waals surface area contributed by atoms with Gasteiger partial charge in [0.15, 0.2) is 11.0 Å². The van der Waals surface area contributed by atoms with Gasteiger partial charge in [0.25, 0.3) is 5.91 Å². The van der Waals surface area contributed by atoms with Crippen molar-refractivity contribution < 1.29 is 14.3 Å². The number of carbonyl (C=O) groups is 2. The fraction of sp³-hybridized carbons (Fsp3) is 0.238. The third-order valence-corrected chi connectivity index (χ3v) is 5.35. The molecule has 1 aromatic heterocycles. The molecule has 8 nitrogen and oxygen atoms in total. The van der Waals surface area contributed by atoms with Crippen LogP contribution in [-0.2, 0) is 18.4 Å². The summed E-state index contributed by atoms with van der Waals surface area (Å²) in [6.07, 6.45) is 0. The van der Waals surface area contributed by atoms with Gasteiger partial charge in [0.05, 0.1) is 25.1 Å². The zero-order valence-electron chi connectivity index (χ0n) is 17.0. The Morgan fingerprint density at radius 1 is 1.13 bits per heavy atom. The van der Waals surface area contributed by atoms with Crippen molar-refractivity contribution >= 4 is 29.3 Å². The molecule has 0 atom stereocenters. The van der Waals surface area contributed by atoms with Crippen LogP contribution in [0.3, 0.4) is 0 Å². The first-order valence-electron chi connectivity index (χ1n) is 9.26. The van der Waals surface area contributed by atoms with Gasteiger partial charge in [-0.3, -0.25) is 9.59 Å². The van der Waals surface area contributed by atoms with Crippen molar-refractivity contribution in [2.24, 2.45) is 7.05 Å². The normalized spacial score (nSPS) is 10.5. The van der Waals surface area contributed by atoms with Gasteiger partial charge < -0.3 is 19.9 Å². The minimum atomic E-state index is -0.179. The lowest BCUT2D eigenvalue weighted by molar-refractivity contribution is -0.113. The zero-order valence-corrected chi connectivity index (χ0v) is 17.8. The van der Waals surface area contributed by atoms with Crippen molar-refractivity contribution in [1.29, 1.82) is 0 Å². The molecule has 1 heterocycles. The van der Waals surface area contributed by atoms with Gasteiger partial charge in [0.1, 0.15) is 5.75 Å². The number of methoxy groups -OCH3 is 1. The third kappa shape index (κ3) is 5.38. The van der Waals surface area contributed by atoms with Gasteiger partial charge in [-0.15, -0.1) is 10.2 Å². The van der Waals surface area contributed by atoms with Crippen LogP contribution < -0.4 is 15.4 Å². The maximum absolute atomic E-state index is 12.3. The van der Waals surface area contributed by atoms with Crippen LogP contribution in [0.25, 0.3) is 0 Å². The van der Waals surface area contributed by atoms with Gasteiger partial charge in [0, 0.05) is 12.6 Å². The molecular formula is C21H23N5O3S. The van der Waals surface area contributed by atoms with Crippen LogP contribution in [0.2, 0.25) is 0 Å². The molecular weight excluding hydrogens is 402 g/mol. The van der Waals surface area contributed by atoms with E-state index in [0.29, 0.717) is 28.0 Å². The van der Waals surface area contributed by atoms with Crippen LogP contribution in [0.1, 0.15) is 21.7 Å².